The Hall–Kier alpha value is -3.78. The van der Waals surface area contributed by atoms with E-state index in [0.717, 1.165) is 16.8 Å². The van der Waals surface area contributed by atoms with E-state index in [9.17, 15) is 4.79 Å². The van der Waals surface area contributed by atoms with E-state index in [4.69, 9.17) is 26.4 Å². The molecule has 0 aliphatic heterocycles. The summed E-state index contributed by atoms with van der Waals surface area (Å²) in [6.45, 7) is 8.65. The second-order valence-corrected chi connectivity index (χ2v) is 8.17. The number of ether oxygens (including phenoxy) is 3. The molecule has 0 saturated carbocycles. The van der Waals surface area contributed by atoms with Gasteiger partial charge in [-0.05, 0) is 69.2 Å². The summed E-state index contributed by atoms with van der Waals surface area (Å²) in [5.74, 6) is 1.17. The Morgan fingerprint density at radius 1 is 0.800 bits per heavy atom. The Kier molecular flexibility index (Phi) is 8.92. The summed E-state index contributed by atoms with van der Waals surface area (Å²) in [6, 6.07) is 16.7. The highest BCUT2D eigenvalue weighted by atomic mass is 32.1. The largest absolute Gasteiger partial charge is 0.496 e. The number of thiocarbonyl (C=S) groups is 1. The van der Waals surface area contributed by atoms with Gasteiger partial charge in [-0.3, -0.25) is 4.79 Å². The van der Waals surface area contributed by atoms with Crippen LogP contribution in [0.5, 0.6) is 17.2 Å². The molecule has 184 valence electrons. The number of para-hydroxylation sites is 1. The number of methoxy groups -OCH3 is 1. The molecule has 3 rings (SSSR count). The summed E-state index contributed by atoms with van der Waals surface area (Å²) < 4.78 is 17.0. The van der Waals surface area contributed by atoms with Gasteiger partial charge in [-0.2, -0.15) is 0 Å². The molecule has 0 fully saturated rings. The minimum Gasteiger partial charge on any atom is -0.496 e. The molecule has 0 aliphatic carbocycles. The molecule has 3 N–H and O–H groups in total. The number of hydrogen-bond donors (Lipinski definition) is 3. The van der Waals surface area contributed by atoms with Crippen molar-refractivity contribution >= 4 is 40.3 Å². The van der Waals surface area contributed by atoms with E-state index < -0.39 is 0 Å². The number of amides is 1. The SMILES string of the molecule is CCOc1cc(NC(=S)Nc2cc(C)ccc2C)c(OCC)cc1NC(=O)c1ccccc1OC. The molecule has 0 heterocycles. The van der Waals surface area contributed by atoms with Gasteiger partial charge in [-0.1, -0.05) is 24.3 Å². The van der Waals surface area contributed by atoms with Gasteiger partial charge >= 0.3 is 0 Å². The highest BCUT2D eigenvalue weighted by Crippen LogP contribution is 2.37. The molecule has 1 amide bonds. The number of benzene rings is 3. The van der Waals surface area contributed by atoms with Crippen LogP contribution in [-0.4, -0.2) is 31.3 Å². The molecule has 0 aliphatic rings. The standard InChI is InChI=1S/C27H31N3O4S/c1-6-33-24-16-22(30-27(35)29-20-14-17(3)12-13-18(20)4)25(34-7-2)15-21(24)28-26(31)19-10-8-9-11-23(19)32-5/h8-16H,6-7H2,1-5H3,(H,28,31)(H2,29,30,35). The monoisotopic (exact) mass is 493 g/mol. The second kappa shape index (κ2) is 12.1. The van der Waals surface area contributed by atoms with Gasteiger partial charge in [-0.25, -0.2) is 0 Å². The predicted molar refractivity (Wildman–Crippen MR) is 145 cm³/mol. The van der Waals surface area contributed by atoms with Crippen molar-refractivity contribution in [1.29, 1.82) is 0 Å². The molecule has 0 atom stereocenters. The number of aryl methyl sites for hydroxylation is 2. The summed E-state index contributed by atoms with van der Waals surface area (Å²) in [7, 11) is 1.53. The molecule has 35 heavy (non-hydrogen) atoms. The number of carbonyl (C=O) groups excluding carboxylic acids is 1. The van der Waals surface area contributed by atoms with Gasteiger partial charge in [0.2, 0.25) is 0 Å². The number of nitrogens with one attached hydrogen (secondary N) is 3. The first-order valence-corrected chi connectivity index (χ1v) is 11.8. The Morgan fingerprint density at radius 3 is 2.03 bits per heavy atom. The normalized spacial score (nSPS) is 10.3. The predicted octanol–water partition coefficient (Wildman–Crippen LogP) is 6.17. The molecule has 7 nitrogen and oxygen atoms in total. The lowest BCUT2D eigenvalue weighted by Crippen LogP contribution is -2.21. The fourth-order valence-electron chi connectivity index (χ4n) is 3.47. The van der Waals surface area contributed by atoms with Crippen molar-refractivity contribution in [3.05, 3.63) is 71.3 Å². The number of anilines is 3. The quantitative estimate of drug-likeness (QED) is 0.308. The maximum absolute atomic E-state index is 13.0. The van der Waals surface area contributed by atoms with Crippen molar-refractivity contribution in [3.63, 3.8) is 0 Å². The van der Waals surface area contributed by atoms with Gasteiger partial charge in [0.25, 0.3) is 5.91 Å². The van der Waals surface area contributed by atoms with Crippen molar-refractivity contribution in [2.75, 3.05) is 36.3 Å². The Labute approximate surface area is 211 Å². The Morgan fingerprint density at radius 2 is 1.40 bits per heavy atom. The van der Waals surface area contributed by atoms with Crippen molar-refractivity contribution in [1.82, 2.24) is 0 Å². The van der Waals surface area contributed by atoms with Crippen molar-refractivity contribution in [2.24, 2.45) is 0 Å². The second-order valence-electron chi connectivity index (χ2n) is 7.76. The Balaban J connectivity index is 1.90. The molecular formula is C27H31N3O4S. The molecule has 0 saturated heterocycles. The fourth-order valence-corrected chi connectivity index (χ4v) is 3.69. The third kappa shape index (κ3) is 6.64. The first-order chi connectivity index (χ1) is 16.9. The van der Waals surface area contributed by atoms with Crippen LogP contribution in [-0.2, 0) is 0 Å². The van der Waals surface area contributed by atoms with Crippen LogP contribution in [0.25, 0.3) is 0 Å². The van der Waals surface area contributed by atoms with Crippen LogP contribution < -0.4 is 30.2 Å². The zero-order chi connectivity index (χ0) is 25.4. The minimum absolute atomic E-state index is 0.321. The summed E-state index contributed by atoms with van der Waals surface area (Å²) in [4.78, 5) is 13.0. The molecular weight excluding hydrogens is 462 g/mol. The van der Waals surface area contributed by atoms with E-state index in [1.807, 2.05) is 45.9 Å². The topological polar surface area (TPSA) is 80.9 Å². The third-order valence-corrected chi connectivity index (χ3v) is 5.37. The third-order valence-electron chi connectivity index (χ3n) is 5.17. The molecule has 0 aromatic heterocycles. The molecule has 0 radical (unpaired) electrons. The highest BCUT2D eigenvalue weighted by molar-refractivity contribution is 7.80. The zero-order valence-corrected chi connectivity index (χ0v) is 21.5. The first-order valence-electron chi connectivity index (χ1n) is 11.4. The molecule has 0 spiro atoms. The zero-order valence-electron chi connectivity index (χ0n) is 20.7. The summed E-state index contributed by atoms with van der Waals surface area (Å²) >= 11 is 5.56. The average Bonchev–Trinajstić information content (AvgIpc) is 2.84. The highest BCUT2D eigenvalue weighted by Gasteiger charge is 2.18. The lowest BCUT2D eigenvalue weighted by molar-refractivity contribution is 0.102. The molecule has 8 heteroatoms. The van der Waals surface area contributed by atoms with Crippen molar-refractivity contribution in [3.8, 4) is 17.2 Å². The van der Waals surface area contributed by atoms with E-state index in [1.54, 1.807) is 30.3 Å². The van der Waals surface area contributed by atoms with Crippen molar-refractivity contribution in [2.45, 2.75) is 27.7 Å². The van der Waals surface area contributed by atoms with E-state index >= 15 is 0 Å². The van der Waals surface area contributed by atoms with Crippen LogP contribution >= 0.6 is 12.2 Å². The molecule has 0 unspecified atom stereocenters. The van der Waals surface area contributed by atoms with Crippen LogP contribution in [0.4, 0.5) is 17.1 Å². The molecule has 3 aromatic carbocycles. The van der Waals surface area contributed by atoms with Crippen LogP contribution in [0.3, 0.4) is 0 Å². The smallest absolute Gasteiger partial charge is 0.259 e. The maximum atomic E-state index is 13.0. The summed E-state index contributed by atoms with van der Waals surface area (Å²) in [6.07, 6.45) is 0. The fraction of sp³-hybridized carbons (Fsp3) is 0.259. The van der Waals surface area contributed by atoms with E-state index in [1.165, 1.54) is 7.11 Å². The molecule has 0 bridgehead atoms. The van der Waals surface area contributed by atoms with Crippen LogP contribution in [0.15, 0.2) is 54.6 Å². The van der Waals surface area contributed by atoms with Crippen LogP contribution in [0.2, 0.25) is 0 Å². The lowest BCUT2D eigenvalue weighted by Gasteiger charge is -2.19. The number of carbonyl (C=O) groups is 1. The van der Waals surface area contributed by atoms with Crippen LogP contribution in [0.1, 0.15) is 35.3 Å². The Bertz CT molecular complexity index is 1210. The van der Waals surface area contributed by atoms with E-state index in [0.29, 0.717) is 52.5 Å². The maximum Gasteiger partial charge on any atom is 0.259 e. The first kappa shape index (κ1) is 25.8. The van der Waals surface area contributed by atoms with Gasteiger partial charge in [0.1, 0.15) is 17.2 Å². The number of rotatable bonds is 9. The molecule has 3 aromatic rings. The van der Waals surface area contributed by atoms with Crippen LogP contribution in [0, 0.1) is 13.8 Å². The van der Waals surface area contributed by atoms with Gasteiger partial charge in [0, 0.05) is 17.8 Å². The van der Waals surface area contributed by atoms with Crippen molar-refractivity contribution < 1.29 is 19.0 Å². The van der Waals surface area contributed by atoms with Gasteiger partial charge in [0.15, 0.2) is 5.11 Å². The van der Waals surface area contributed by atoms with Gasteiger partial charge in [0.05, 0.1) is 37.3 Å². The average molecular weight is 494 g/mol. The van der Waals surface area contributed by atoms with Gasteiger partial charge in [-0.15, -0.1) is 0 Å². The van der Waals surface area contributed by atoms with Gasteiger partial charge < -0.3 is 30.2 Å². The summed E-state index contributed by atoms with van der Waals surface area (Å²) in [5.41, 5.74) is 4.64. The summed E-state index contributed by atoms with van der Waals surface area (Å²) in [5, 5.41) is 9.77. The lowest BCUT2D eigenvalue weighted by atomic mass is 10.1. The van der Waals surface area contributed by atoms with E-state index in [-0.39, 0.29) is 5.91 Å². The minimum atomic E-state index is -0.321. The van der Waals surface area contributed by atoms with E-state index in [2.05, 4.69) is 22.0 Å². The number of hydrogen-bond acceptors (Lipinski definition) is 5.